The number of pyridine rings is 1. The van der Waals surface area contributed by atoms with E-state index < -0.39 is 40.4 Å². The van der Waals surface area contributed by atoms with Crippen LogP contribution in [-0.2, 0) is 12.7 Å². The predicted octanol–water partition coefficient (Wildman–Crippen LogP) is 4.22. The highest BCUT2D eigenvalue weighted by Gasteiger charge is 2.37. The number of fused-ring (bicyclic) bond motifs is 1. The lowest BCUT2D eigenvalue weighted by Gasteiger charge is -2.18. The minimum Gasteiger partial charge on any atom is -0.381 e. The lowest BCUT2D eigenvalue weighted by atomic mass is 10.1. The average Bonchev–Trinajstić information content (AvgIpc) is 2.81. The Morgan fingerprint density at radius 2 is 2.00 bits per heavy atom. The summed E-state index contributed by atoms with van der Waals surface area (Å²) in [5.74, 6) is -0.745. The lowest BCUT2D eigenvalue weighted by Crippen LogP contribution is -2.27. The van der Waals surface area contributed by atoms with Gasteiger partial charge >= 0.3 is 6.18 Å². The molecule has 0 radical (unpaired) electrons. The van der Waals surface area contributed by atoms with Crippen molar-refractivity contribution in [2.45, 2.75) is 38.5 Å². The Labute approximate surface area is 211 Å². The summed E-state index contributed by atoms with van der Waals surface area (Å²) in [7, 11) is 0. The quantitative estimate of drug-likeness (QED) is 0.301. The van der Waals surface area contributed by atoms with Gasteiger partial charge in [-0.2, -0.15) is 18.3 Å². The molecule has 3 heterocycles. The summed E-state index contributed by atoms with van der Waals surface area (Å²) in [6, 6.07) is 3.76. The molecular formula is C23H20ClF4N7O2. The molecule has 4 rings (SSSR count). The first kappa shape index (κ1) is 26.1. The Kier molecular flexibility index (Phi) is 7.16. The van der Waals surface area contributed by atoms with Crippen molar-refractivity contribution in [1.82, 2.24) is 24.7 Å². The van der Waals surface area contributed by atoms with Crippen molar-refractivity contribution in [1.29, 1.82) is 0 Å². The molecule has 0 aliphatic carbocycles. The summed E-state index contributed by atoms with van der Waals surface area (Å²) >= 11 is 5.77. The summed E-state index contributed by atoms with van der Waals surface area (Å²) in [5, 5.41) is 8.48. The molecule has 1 aromatic carbocycles. The van der Waals surface area contributed by atoms with Crippen molar-refractivity contribution < 1.29 is 17.6 Å². The molecular weight excluding hydrogens is 518 g/mol. The number of nitrogen functional groups attached to an aromatic ring is 1. The maximum atomic E-state index is 14.9. The Bertz CT molecular complexity index is 1590. The van der Waals surface area contributed by atoms with Crippen LogP contribution in [0.15, 0.2) is 46.4 Å². The highest BCUT2D eigenvalue weighted by molar-refractivity contribution is 6.31. The summed E-state index contributed by atoms with van der Waals surface area (Å²) in [6.07, 6.45) is -0.329. The highest BCUT2D eigenvalue weighted by Crippen LogP contribution is 2.32. The van der Waals surface area contributed by atoms with Gasteiger partial charge in [0.15, 0.2) is 11.0 Å². The maximum absolute atomic E-state index is 14.9. The first-order valence-corrected chi connectivity index (χ1v) is 11.4. The van der Waals surface area contributed by atoms with Crippen LogP contribution in [0.4, 0.5) is 29.1 Å². The number of hydrogen-bond donors (Lipinski definition) is 3. The van der Waals surface area contributed by atoms with Gasteiger partial charge in [0.2, 0.25) is 0 Å². The van der Waals surface area contributed by atoms with Crippen LogP contribution in [0.5, 0.6) is 0 Å². The molecule has 4 N–H and O–H groups in total. The van der Waals surface area contributed by atoms with Gasteiger partial charge in [0, 0.05) is 24.3 Å². The largest absolute Gasteiger partial charge is 0.423 e. The van der Waals surface area contributed by atoms with Crippen LogP contribution in [0.2, 0.25) is 5.15 Å². The second-order valence-corrected chi connectivity index (χ2v) is 8.70. The van der Waals surface area contributed by atoms with Crippen LogP contribution in [0.3, 0.4) is 0 Å². The predicted molar refractivity (Wildman–Crippen MR) is 131 cm³/mol. The number of alkyl halides is 3. The van der Waals surface area contributed by atoms with E-state index in [0.29, 0.717) is 18.2 Å². The van der Waals surface area contributed by atoms with Crippen molar-refractivity contribution in [3.8, 4) is 11.3 Å². The number of nitrogens with two attached hydrogens (primary N) is 1. The molecule has 1 unspecified atom stereocenters. The lowest BCUT2D eigenvalue weighted by molar-refractivity contribution is -0.138. The van der Waals surface area contributed by atoms with E-state index in [1.807, 2.05) is 0 Å². The molecule has 0 fully saturated rings. The van der Waals surface area contributed by atoms with E-state index in [1.165, 1.54) is 16.8 Å². The van der Waals surface area contributed by atoms with E-state index in [-0.39, 0.29) is 34.2 Å². The molecule has 0 bridgehead atoms. The summed E-state index contributed by atoms with van der Waals surface area (Å²) in [6.45, 7) is 1.89. The van der Waals surface area contributed by atoms with E-state index in [4.69, 9.17) is 17.3 Å². The number of aryl methyl sites for hydroxylation is 1. The highest BCUT2D eigenvalue weighted by atomic mass is 35.5. The molecule has 0 aliphatic heterocycles. The molecule has 9 nitrogen and oxygen atoms in total. The van der Waals surface area contributed by atoms with E-state index in [2.05, 4.69) is 20.4 Å². The SMILES string of the molecule is CC(CCCn1ccc2cc(-c3cnc(Cl)c(N)n3)c(F)cc2c1=O)Nc1cn[nH]c(=O)c1C(F)(F)F. The van der Waals surface area contributed by atoms with Gasteiger partial charge in [-0.15, -0.1) is 0 Å². The summed E-state index contributed by atoms with van der Waals surface area (Å²) < 4.78 is 55.9. The molecule has 194 valence electrons. The normalized spacial score (nSPS) is 12.6. The van der Waals surface area contributed by atoms with Gasteiger partial charge in [-0.25, -0.2) is 19.5 Å². The van der Waals surface area contributed by atoms with Crippen LogP contribution in [0.25, 0.3) is 22.0 Å². The van der Waals surface area contributed by atoms with Crippen LogP contribution in [-0.4, -0.2) is 30.8 Å². The first-order valence-electron chi connectivity index (χ1n) is 11.0. The van der Waals surface area contributed by atoms with Crippen LogP contribution in [0.1, 0.15) is 25.3 Å². The first-order chi connectivity index (χ1) is 17.5. The Morgan fingerprint density at radius 3 is 2.70 bits per heavy atom. The zero-order valence-corrected chi connectivity index (χ0v) is 20.0. The molecule has 37 heavy (non-hydrogen) atoms. The number of halogens is 5. The third-order valence-corrected chi connectivity index (χ3v) is 5.96. The van der Waals surface area contributed by atoms with Gasteiger partial charge in [-0.3, -0.25) is 9.59 Å². The molecule has 14 heteroatoms. The van der Waals surface area contributed by atoms with E-state index >= 15 is 0 Å². The standard InChI is InChI=1S/C23H20ClF4N7O2/c1-11(32-17-10-31-34-21(36)18(17)23(26,27)28)3-2-5-35-6-4-12-7-14(15(25)8-13(12)22(35)37)16-9-30-19(24)20(29)33-16/h4,6-11H,2-3,5H2,1H3,(H2,29,33)(H2,32,34,36). The number of nitrogens with zero attached hydrogens (tertiary/aromatic N) is 4. The van der Waals surface area contributed by atoms with Crippen molar-refractivity contribution in [3.05, 3.63) is 74.0 Å². The van der Waals surface area contributed by atoms with Crippen LogP contribution < -0.4 is 22.2 Å². The summed E-state index contributed by atoms with van der Waals surface area (Å²) in [5.41, 5.74) is 2.38. The second-order valence-electron chi connectivity index (χ2n) is 8.34. The average molecular weight is 538 g/mol. The van der Waals surface area contributed by atoms with Crippen LogP contribution >= 0.6 is 11.6 Å². The molecule has 0 saturated carbocycles. The zero-order chi connectivity index (χ0) is 26.9. The third kappa shape index (κ3) is 5.56. The van der Waals surface area contributed by atoms with E-state index in [0.717, 1.165) is 12.3 Å². The molecule has 0 amide bonds. The zero-order valence-electron chi connectivity index (χ0n) is 19.2. The topological polar surface area (TPSA) is 132 Å². The number of benzene rings is 1. The monoisotopic (exact) mass is 537 g/mol. The van der Waals surface area contributed by atoms with Crippen molar-refractivity contribution in [2.75, 3.05) is 11.1 Å². The summed E-state index contributed by atoms with van der Waals surface area (Å²) in [4.78, 5) is 32.4. The molecule has 3 aromatic heterocycles. The Morgan fingerprint density at radius 1 is 1.24 bits per heavy atom. The number of aromatic amines is 1. The fraction of sp³-hybridized carbons (Fsp3) is 0.261. The van der Waals surface area contributed by atoms with Crippen LogP contribution in [0, 0.1) is 5.82 Å². The van der Waals surface area contributed by atoms with Crippen molar-refractivity contribution in [2.24, 2.45) is 0 Å². The number of rotatable bonds is 7. The number of hydrogen-bond acceptors (Lipinski definition) is 7. The van der Waals surface area contributed by atoms with Crippen molar-refractivity contribution in [3.63, 3.8) is 0 Å². The van der Waals surface area contributed by atoms with E-state index in [9.17, 15) is 27.2 Å². The van der Waals surface area contributed by atoms with Gasteiger partial charge < -0.3 is 15.6 Å². The number of H-pyrrole nitrogens is 1. The minimum absolute atomic E-state index is 0.00719. The number of aromatic nitrogens is 5. The maximum Gasteiger partial charge on any atom is 0.423 e. The molecule has 0 saturated heterocycles. The van der Waals surface area contributed by atoms with Gasteiger partial charge in [0.25, 0.3) is 11.1 Å². The van der Waals surface area contributed by atoms with Gasteiger partial charge in [0.05, 0.1) is 29.2 Å². The number of anilines is 2. The molecule has 4 aromatic rings. The fourth-order valence-corrected chi connectivity index (χ4v) is 3.98. The number of nitrogens with one attached hydrogen (secondary N) is 2. The molecule has 1 atom stereocenters. The fourth-order valence-electron chi connectivity index (χ4n) is 3.89. The second kappa shape index (κ2) is 10.2. The molecule has 0 spiro atoms. The molecule has 0 aliphatic rings. The van der Waals surface area contributed by atoms with E-state index in [1.54, 1.807) is 24.3 Å². The minimum atomic E-state index is -4.85. The Balaban J connectivity index is 1.48. The smallest absolute Gasteiger partial charge is 0.381 e. The van der Waals surface area contributed by atoms with Gasteiger partial charge in [-0.1, -0.05) is 11.6 Å². The van der Waals surface area contributed by atoms with Gasteiger partial charge in [-0.05, 0) is 43.4 Å². The van der Waals surface area contributed by atoms with Crippen molar-refractivity contribution >= 4 is 33.9 Å². The Hall–Kier alpha value is -4.00. The third-order valence-electron chi connectivity index (χ3n) is 5.67. The van der Waals surface area contributed by atoms with Gasteiger partial charge in [0.1, 0.15) is 11.4 Å².